The average molecular weight is 383 g/mol. The molecule has 1 saturated carbocycles. The molecule has 150 valence electrons. The summed E-state index contributed by atoms with van der Waals surface area (Å²) in [7, 11) is 0. The quantitative estimate of drug-likeness (QED) is 0.855. The average Bonchev–Trinajstić information content (AvgIpc) is 3.29. The summed E-state index contributed by atoms with van der Waals surface area (Å²) >= 11 is 0. The van der Waals surface area contributed by atoms with Crippen molar-refractivity contribution in [1.82, 2.24) is 15.2 Å². The molecule has 2 aliphatic rings. The number of morpholine rings is 1. The molecule has 6 nitrogen and oxygen atoms in total. The van der Waals surface area contributed by atoms with E-state index in [2.05, 4.69) is 10.3 Å². The first kappa shape index (κ1) is 19.0. The van der Waals surface area contributed by atoms with Gasteiger partial charge in [-0.15, -0.1) is 0 Å². The summed E-state index contributed by atoms with van der Waals surface area (Å²) in [6.45, 7) is 6.96. The Kier molecular flexibility index (Phi) is 4.91. The Labute approximate surface area is 165 Å². The molecule has 1 unspecified atom stereocenters. The van der Waals surface area contributed by atoms with E-state index in [-0.39, 0.29) is 24.4 Å². The summed E-state index contributed by atoms with van der Waals surface area (Å²) in [5, 5.41) is 4.09. The van der Waals surface area contributed by atoms with Gasteiger partial charge in [0.25, 0.3) is 11.8 Å². The maximum Gasteiger partial charge on any atom is 0.254 e. The summed E-state index contributed by atoms with van der Waals surface area (Å²) in [5.74, 6) is -0.153. The van der Waals surface area contributed by atoms with Gasteiger partial charge >= 0.3 is 0 Å². The maximum absolute atomic E-state index is 13.4. The lowest BCUT2D eigenvalue weighted by Crippen LogP contribution is -2.60. The number of nitrogens with zero attached hydrogens (tertiary/aromatic N) is 1. The number of aromatic amines is 1. The second kappa shape index (κ2) is 7.24. The number of aryl methyl sites for hydroxylation is 2. The lowest BCUT2D eigenvalue weighted by atomic mass is 10.00. The van der Waals surface area contributed by atoms with Gasteiger partial charge in [-0.2, -0.15) is 0 Å². The monoisotopic (exact) mass is 383 g/mol. The number of amides is 2. The predicted molar refractivity (Wildman–Crippen MR) is 108 cm³/mol. The first-order valence-electron chi connectivity index (χ1n) is 10.2. The number of hydrogen-bond acceptors (Lipinski definition) is 3. The van der Waals surface area contributed by atoms with Gasteiger partial charge in [-0.3, -0.25) is 9.59 Å². The maximum atomic E-state index is 13.4. The summed E-state index contributed by atoms with van der Waals surface area (Å²) in [6.07, 6.45) is 4.37. The number of carbonyl (C=O) groups is 2. The zero-order valence-electron chi connectivity index (χ0n) is 16.9. The van der Waals surface area contributed by atoms with Crippen molar-refractivity contribution in [2.45, 2.75) is 58.1 Å². The van der Waals surface area contributed by atoms with Crippen molar-refractivity contribution in [3.05, 3.63) is 35.0 Å². The van der Waals surface area contributed by atoms with E-state index in [9.17, 15) is 9.59 Å². The first-order chi connectivity index (χ1) is 13.4. The van der Waals surface area contributed by atoms with Gasteiger partial charge in [0, 0.05) is 34.7 Å². The van der Waals surface area contributed by atoms with Gasteiger partial charge in [0.05, 0.1) is 13.2 Å². The minimum absolute atomic E-state index is 0.0455. The summed E-state index contributed by atoms with van der Waals surface area (Å²) < 4.78 is 5.86. The Hall–Kier alpha value is -2.34. The van der Waals surface area contributed by atoms with E-state index < -0.39 is 5.60 Å². The van der Waals surface area contributed by atoms with Crippen LogP contribution in [0.25, 0.3) is 10.9 Å². The van der Waals surface area contributed by atoms with Gasteiger partial charge in [0.1, 0.15) is 0 Å². The van der Waals surface area contributed by atoms with Crippen LogP contribution in [0.4, 0.5) is 0 Å². The van der Waals surface area contributed by atoms with E-state index in [1.807, 2.05) is 32.0 Å². The van der Waals surface area contributed by atoms with Crippen LogP contribution in [-0.2, 0) is 9.53 Å². The van der Waals surface area contributed by atoms with Crippen LogP contribution in [0.3, 0.4) is 0 Å². The zero-order chi connectivity index (χ0) is 19.9. The molecule has 2 amide bonds. The van der Waals surface area contributed by atoms with E-state index in [1.165, 1.54) is 0 Å². The fourth-order valence-electron chi connectivity index (χ4n) is 4.48. The molecule has 1 aromatic carbocycles. The normalized spacial score (nSPS) is 23.3. The van der Waals surface area contributed by atoms with Crippen LogP contribution in [0.15, 0.2) is 18.2 Å². The van der Waals surface area contributed by atoms with E-state index in [1.54, 1.807) is 11.8 Å². The molecule has 4 rings (SSSR count). The first-order valence-corrected chi connectivity index (χ1v) is 10.2. The number of fused-ring (bicyclic) bond motifs is 1. The Morgan fingerprint density at radius 2 is 2.00 bits per heavy atom. The lowest BCUT2D eigenvalue weighted by Gasteiger charge is -2.39. The predicted octanol–water partition coefficient (Wildman–Crippen LogP) is 3.07. The van der Waals surface area contributed by atoms with Crippen LogP contribution in [0.5, 0.6) is 0 Å². The number of carbonyl (C=O) groups excluding carboxylic acids is 2. The molecule has 1 atom stereocenters. The van der Waals surface area contributed by atoms with Gasteiger partial charge in [0.2, 0.25) is 0 Å². The van der Waals surface area contributed by atoms with Crippen molar-refractivity contribution in [2.24, 2.45) is 0 Å². The second-order valence-electron chi connectivity index (χ2n) is 8.36. The SMILES string of the molecule is Cc1[nH]c2cccc(C(=O)N3CCOC(C)(C(=O)NC4CCCC4)C3)c2c1C. The number of H-pyrrole nitrogens is 1. The van der Waals surface area contributed by atoms with Gasteiger partial charge in [-0.25, -0.2) is 0 Å². The molecule has 2 fully saturated rings. The number of ether oxygens (including phenoxy) is 1. The van der Waals surface area contributed by atoms with Crippen molar-refractivity contribution in [2.75, 3.05) is 19.7 Å². The number of rotatable bonds is 3. The fraction of sp³-hybridized carbons (Fsp3) is 0.545. The fourth-order valence-corrected chi connectivity index (χ4v) is 4.48. The van der Waals surface area contributed by atoms with Crippen LogP contribution in [0.1, 0.15) is 54.2 Å². The van der Waals surface area contributed by atoms with E-state index in [4.69, 9.17) is 4.74 Å². The highest BCUT2D eigenvalue weighted by Crippen LogP contribution is 2.28. The van der Waals surface area contributed by atoms with Crippen molar-refractivity contribution in [1.29, 1.82) is 0 Å². The van der Waals surface area contributed by atoms with E-state index in [0.29, 0.717) is 18.7 Å². The third-order valence-corrected chi connectivity index (χ3v) is 6.29. The third-order valence-electron chi connectivity index (χ3n) is 6.29. The van der Waals surface area contributed by atoms with Crippen LogP contribution >= 0.6 is 0 Å². The number of aromatic nitrogens is 1. The summed E-state index contributed by atoms with van der Waals surface area (Å²) in [4.78, 5) is 31.3. The molecule has 6 heteroatoms. The molecule has 0 spiro atoms. The summed E-state index contributed by atoms with van der Waals surface area (Å²) in [5.41, 5.74) is 2.80. The molecule has 1 aliphatic heterocycles. The molecular weight excluding hydrogens is 354 g/mol. The number of hydrogen-bond donors (Lipinski definition) is 2. The number of benzene rings is 1. The molecule has 2 N–H and O–H groups in total. The molecule has 0 bridgehead atoms. The van der Waals surface area contributed by atoms with Crippen molar-refractivity contribution in [3.8, 4) is 0 Å². The molecular formula is C22H29N3O3. The van der Waals surface area contributed by atoms with Crippen LogP contribution in [-0.4, -0.2) is 53.0 Å². The van der Waals surface area contributed by atoms with E-state index >= 15 is 0 Å². The minimum atomic E-state index is -1.01. The molecule has 0 radical (unpaired) electrons. The molecule has 28 heavy (non-hydrogen) atoms. The topological polar surface area (TPSA) is 74.4 Å². The van der Waals surface area contributed by atoms with E-state index in [0.717, 1.165) is 47.8 Å². The van der Waals surface area contributed by atoms with Crippen molar-refractivity contribution >= 4 is 22.7 Å². The largest absolute Gasteiger partial charge is 0.362 e. The Bertz CT molecular complexity index is 913. The highest BCUT2D eigenvalue weighted by atomic mass is 16.5. The van der Waals surface area contributed by atoms with Gasteiger partial charge in [0.15, 0.2) is 5.60 Å². The second-order valence-corrected chi connectivity index (χ2v) is 8.36. The van der Waals surface area contributed by atoms with Crippen molar-refractivity contribution < 1.29 is 14.3 Å². The molecule has 1 aliphatic carbocycles. The van der Waals surface area contributed by atoms with Crippen LogP contribution < -0.4 is 5.32 Å². The summed E-state index contributed by atoms with van der Waals surface area (Å²) in [6, 6.07) is 6.00. The highest BCUT2D eigenvalue weighted by molar-refractivity contribution is 6.08. The number of nitrogens with one attached hydrogen (secondary N) is 2. The highest BCUT2D eigenvalue weighted by Gasteiger charge is 2.42. The molecule has 2 aromatic rings. The Balaban J connectivity index is 1.56. The van der Waals surface area contributed by atoms with Gasteiger partial charge in [-0.1, -0.05) is 18.9 Å². The smallest absolute Gasteiger partial charge is 0.254 e. The lowest BCUT2D eigenvalue weighted by molar-refractivity contribution is -0.154. The molecule has 1 aromatic heterocycles. The Morgan fingerprint density at radius 3 is 2.75 bits per heavy atom. The minimum Gasteiger partial charge on any atom is -0.362 e. The van der Waals surface area contributed by atoms with Gasteiger partial charge < -0.3 is 19.9 Å². The Morgan fingerprint density at radius 1 is 1.25 bits per heavy atom. The van der Waals surface area contributed by atoms with Gasteiger partial charge in [-0.05, 0) is 51.3 Å². The zero-order valence-corrected chi connectivity index (χ0v) is 16.9. The van der Waals surface area contributed by atoms with Crippen LogP contribution in [0.2, 0.25) is 0 Å². The molecule has 1 saturated heterocycles. The standard InChI is InChI=1S/C22H29N3O3/c1-14-15(2)23-18-10-6-9-17(19(14)18)20(26)25-11-12-28-22(3,13-25)21(27)24-16-7-4-5-8-16/h6,9-10,16,23H,4-5,7-8,11-13H2,1-3H3,(H,24,27). The van der Waals surface area contributed by atoms with Crippen LogP contribution in [0, 0.1) is 13.8 Å². The molecule has 2 heterocycles. The third kappa shape index (κ3) is 3.30. The van der Waals surface area contributed by atoms with Crippen molar-refractivity contribution in [3.63, 3.8) is 0 Å².